The highest BCUT2D eigenvalue weighted by Gasteiger charge is 2.32. The Morgan fingerprint density at radius 2 is 1.03 bits per heavy atom. The zero-order valence-corrected chi connectivity index (χ0v) is 34.2. The van der Waals surface area contributed by atoms with Gasteiger partial charge in [0.25, 0.3) is 5.91 Å². The number of nitrogens with one attached hydrogen (secondary N) is 1. The molecule has 1 atom stereocenters. The summed E-state index contributed by atoms with van der Waals surface area (Å²) >= 11 is 0. The normalized spacial score (nSPS) is 14.8. The minimum atomic E-state index is -1.09. The van der Waals surface area contributed by atoms with Crippen LogP contribution in [-0.2, 0) is 0 Å². The first-order valence-electron chi connectivity index (χ1n) is 20.2. The van der Waals surface area contributed by atoms with E-state index in [0.29, 0.717) is 5.56 Å². The topological polar surface area (TPSA) is 29.1 Å². The maximum absolute atomic E-state index is 15.4. The third kappa shape index (κ3) is 7.10. The standard InChI is InChI=1S/C55H41NOP2/c57-55(49-36-33-41-21-15-18-32-48(41)54(49)59(44-26-9-3-10-27-44)45-28-11-4-12-29-45)56-50-37-34-39-19-13-16-30-46(39)52(50)53-47-31-17-14-20-40(47)35-38-51(53)58(42-22-5-1-6-23-42)43-24-7-2-8-25-43/h1-18,20-39H,19H2,(H,56,57). The van der Waals surface area contributed by atoms with Crippen LogP contribution in [0, 0.1) is 5.92 Å². The van der Waals surface area contributed by atoms with Gasteiger partial charge in [-0.3, -0.25) is 4.79 Å². The molecule has 0 bridgehead atoms. The fourth-order valence-electron chi connectivity index (χ4n) is 8.65. The zero-order valence-electron chi connectivity index (χ0n) is 32.4. The molecule has 1 amide bonds. The van der Waals surface area contributed by atoms with Crippen LogP contribution in [0.25, 0.3) is 27.1 Å². The molecule has 0 heterocycles. The summed E-state index contributed by atoms with van der Waals surface area (Å²) < 4.78 is 0. The highest BCUT2D eigenvalue weighted by molar-refractivity contribution is 7.80. The molecule has 0 saturated heterocycles. The van der Waals surface area contributed by atoms with E-state index in [2.05, 4.69) is 224 Å². The monoisotopic (exact) mass is 793 g/mol. The van der Waals surface area contributed by atoms with Crippen LogP contribution in [0.5, 0.6) is 0 Å². The van der Waals surface area contributed by atoms with Gasteiger partial charge >= 0.3 is 0 Å². The average molecular weight is 794 g/mol. The number of allylic oxidation sites excluding steroid dienone is 7. The van der Waals surface area contributed by atoms with E-state index in [-0.39, 0.29) is 11.8 Å². The Morgan fingerprint density at radius 3 is 1.64 bits per heavy atom. The van der Waals surface area contributed by atoms with E-state index in [1.807, 2.05) is 6.07 Å². The molecule has 1 N–H and O–H groups in total. The average Bonchev–Trinajstić information content (AvgIpc) is 3.30. The van der Waals surface area contributed by atoms with Crippen molar-refractivity contribution in [2.24, 2.45) is 5.92 Å². The Labute approximate surface area is 348 Å². The first kappa shape index (κ1) is 36.9. The highest BCUT2D eigenvalue weighted by atomic mass is 31.1. The van der Waals surface area contributed by atoms with Gasteiger partial charge in [0.2, 0.25) is 0 Å². The molecule has 8 aromatic carbocycles. The zero-order chi connectivity index (χ0) is 39.5. The molecule has 0 fully saturated rings. The van der Waals surface area contributed by atoms with Gasteiger partial charge in [-0.2, -0.15) is 0 Å². The van der Waals surface area contributed by atoms with Crippen molar-refractivity contribution in [3.63, 3.8) is 0 Å². The summed E-state index contributed by atoms with van der Waals surface area (Å²) in [6.45, 7) is 0. The van der Waals surface area contributed by atoms with Crippen LogP contribution in [0.2, 0.25) is 0 Å². The molecule has 59 heavy (non-hydrogen) atoms. The Bertz CT molecular complexity index is 2870. The summed E-state index contributed by atoms with van der Waals surface area (Å²) in [6, 6.07) is 69.2. The Kier molecular flexibility index (Phi) is 10.3. The maximum Gasteiger partial charge on any atom is 0.256 e. The van der Waals surface area contributed by atoms with Gasteiger partial charge in [0.1, 0.15) is 0 Å². The molecule has 10 rings (SSSR count). The number of hydrogen-bond acceptors (Lipinski definition) is 1. The van der Waals surface area contributed by atoms with E-state index in [1.54, 1.807) is 0 Å². The molecule has 2 nitrogen and oxygen atoms in total. The molecule has 0 spiro atoms. The van der Waals surface area contributed by atoms with Gasteiger partial charge in [-0.05, 0) is 88.0 Å². The van der Waals surface area contributed by atoms with Crippen LogP contribution in [0.15, 0.2) is 236 Å². The van der Waals surface area contributed by atoms with Gasteiger partial charge in [0, 0.05) is 33.6 Å². The second kappa shape index (κ2) is 16.4. The fourth-order valence-corrected chi connectivity index (χ4v) is 13.7. The lowest BCUT2D eigenvalue weighted by Gasteiger charge is -2.32. The molecule has 2 aliphatic carbocycles. The molecule has 8 aromatic rings. The SMILES string of the molecule is O=C(NC1=C(c2c(P(c3ccccc3)c3ccccc3)ccc3ccccc23)C2=CC=CCC2C=C1)c1ccc2ccccc2c1P(c1ccccc1)c1ccccc1. The Balaban J connectivity index is 1.21. The minimum Gasteiger partial charge on any atom is -0.321 e. The van der Waals surface area contributed by atoms with E-state index in [9.17, 15) is 0 Å². The molecule has 2 aliphatic rings. The molecule has 0 saturated carbocycles. The first-order chi connectivity index (χ1) is 29.2. The molecule has 0 aromatic heterocycles. The third-order valence-corrected chi connectivity index (χ3v) is 16.4. The van der Waals surface area contributed by atoms with E-state index < -0.39 is 15.8 Å². The van der Waals surface area contributed by atoms with Gasteiger partial charge in [-0.1, -0.05) is 212 Å². The molecular weight excluding hydrogens is 753 g/mol. The van der Waals surface area contributed by atoms with Gasteiger partial charge in [-0.25, -0.2) is 0 Å². The summed E-state index contributed by atoms with van der Waals surface area (Å²) in [5.41, 5.74) is 5.02. The van der Waals surface area contributed by atoms with Crippen molar-refractivity contribution in [2.45, 2.75) is 6.42 Å². The lowest BCUT2D eigenvalue weighted by atomic mass is 9.78. The third-order valence-electron chi connectivity index (χ3n) is 11.3. The maximum atomic E-state index is 15.4. The number of fused-ring (bicyclic) bond motifs is 3. The lowest BCUT2D eigenvalue weighted by molar-refractivity contribution is 0.0968. The molecule has 282 valence electrons. The van der Waals surface area contributed by atoms with Crippen LogP contribution < -0.4 is 37.1 Å². The van der Waals surface area contributed by atoms with E-state index in [1.165, 1.54) is 48.4 Å². The van der Waals surface area contributed by atoms with Crippen LogP contribution in [-0.4, -0.2) is 5.91 Å². The Morgan fingerprint density at radius 1 is 0.525 bits per heavy atom. The smallest absolute Gasteiger partial charge is 0.256 e. The number of hydrogen-bond donors (Lipinski definition) is 1. The highest BCUT2D eigenvalue weighted by Crippen LogP contribution is 2.46. The predicted octanol–water partition coefficient (Wildman–Crippen LogP) is 10.7. The van der Waals surface area contributed by atoms with Gasteiger partial charge in [0.15, 0.2) is 0 Å². The number of rotatable bonds is 9. The molecule has 1 unspecified atom stereocenters. The van der Waals surface area contributed by atoms with Crippen LogP contribution >= 0.6 is 15.8 Å². The predicted molar refractivity (Wildman–Crippen MR) is 254 cm³/mol. The summed E-state index contributed by atoms with van der Waals surface area (Å²) in [4.78, 5) is 15.4. The Hall–Kier alpha value is -6.43. The van der Waals surface area contributed by atoms with E-state index in [4.69, 9.17) is 0 Å². The van der Waals surface area contributed by atoms with E-state index in [0.717, 1.165) is 33.8 Å². The number of amides is 1. The van der Waals surface area contributed by atoms with Crippen molar-refractivity contribution in [2.75, 3.05) is 0 Å². The molecule has 0 aliphatic heterocycles. The van der Waals surface area contributed by atoms with Gasteiger partial charge in [0.05, 0.1) is 0 Å². The molecular formula is C55H41NOP2. The number of carbonyl (C=O) groups excluding carboxylic acids is 1. The summed E-state index contributed by atoms with van der Waals surface area (Å²) in [5, 5.41) is 15.5. The van der Waals surface area contributed by atoms with Crippen molar-refractivity contribution in [1.29, 1.82) is 0 Å². The van der Waals surface area contributed by atoms with Crippen molar-refractivity contribution in [3.8, 4) is 0 Å². The van der Waals surface area contributed by atoms with Gasteiger partial charge < -0.3 is 5.32 Å². The molecule has 4 heteroatoms. The van der Waals surface area contributed by atoms with Crippen molar-refractivity contribution < 1.29 is 4.79 Å². The first-order valence-corrected chi connectivity index (χ1v) is 22.9. The fraction of sp³-hybridized carbons (Fsp3) is 0.0364. The van der Waals surface area contributed by atoms with Crippen molar-refractivity contribution >= 4 is 80.7 Å². The van der Waals surface area contributed by atoms with E-state index >= 15 is 4.79 Å². The second-order valence-corrected chi connectivity index (χ2v) is 19.2. The van der Waals surface area contributed by atoms with Crippen molar-refractivity contribution in [3.05, 3.63) is 247 Å². The number of carbonyl (C=O) groups is 1. The quantitative estimate of drug-likeness (QED) is 0.145. The van der Waals surface area contributed by atoms with Gasteiger partial charge in [-0.15, -0.1) is 0 Å². The number of benzene rings is 8. The summed E-state index contributed by atoms with van der Waals surface area (Å²) in [5.74, 6) is 0.0882. The summed E-state index contributed by atoms with van der Waals surface area (Å²) in [6.07, 6.45) is 12.1. The minimum absolute atomic E-state index is 0.108. The van der Waals surface area contributed by atoms with Crippen LogP contribution in [0.4, 0.5) is 0 Å². The second-order valence-electron chi connectivity index (χ2n) is 14.9. The lowest BCUT2D eigenvalue weighted by Crippen LogP contribution is -2.33. The van der Waals surface area contributed by atoms with Crippen LogP contribution in [0.3, 0.4) is 0 Å². The molecule has 0 radical (unpaired) electrons. The van der Waals surface area contributed by atoms with Crippen molar-refractivity contribution in [1.82, 2.24) is 5.32 Å². The summed E-state index contributed by atoms with van der Waals surface area (Å²) in [7, 11) is -2.06. The van der Waals surface area contributed by atoms with Crippen LogP contribution in [0.1, 0.15) is 22.3 Å². The largest absolute Gasteiger partial charge is 0.321 e.